The molecule has 1 atom stereocenters. The minimum Gasteiger partial charge on any atom is -0.354 e. The summed E-state index contributed by atoms with van der Waals surface area (Å²) < 4.78 is 39.6. The maximum Gasteiger partial charge on any atom is 0.418 e. The van der Waals surface area contributed by atoms with E-state index in [2.05, 4.69) is 20.2 Å². The zero-order valence-electron chi connectivity index (χ0n) is 18.2. The van der Waals surface area contributed by atoms with Gasteiger partial charge in [0.15, 0.2) is 0 Å². The van der Waals surface area contributed by atoms with Gasteiger partial charge in [0.25, 0.3) is 0 Å². The molecule has 1 aromatic carbocycles. The van der Waals surface area contributed by atoms with Crippen molar-refractivity contribution in [3.63, 3.8) is 0 Å². The number of halogens is 3. The summed E-state index contributed by atoms with van der Waals surface area (Å²) in [5, 5.41) is 2.45. The Morgan fingerprint density at radius 1 is 1.06 bits per heavy atom. The normalized spacial score (nSPS) is 16.5. The van der Waals surface area contributed by atoms with Crippen LogP contribution in [0.1, 0.15) is 43.8 Å². The molecule has 0 radical (unpaired) electrons. The van der Waals surface area contributed by atoms with Crippen molar-refractivity contribution in [3.05, 3.63) is 47.4 Å². The van der Waals surface area contributed by atoms with E-state index in [1.807, 2.05) is 31.7 Å². The number of anilines is 2. The Hall–Kier alpha value is -2.68. The average molecular weight is 435 g/mol. The lowest BCUT2D eigenvalue weighted by Gasteiger charge is -2.38. The monoisotopic (exact) mass is 435 g/mol. The second kappa shape index (κ2) is 9.21. The summed E-state index contributed by atoms with van der Waals surface area (Å²) in [6.07, 6.45) is -4.52. The van der Waals surface area contributed by atoms with Gasteiger partial charge in [-0.25, -0.2) is 9.97 Å². The number of aryl methyl sites for hydroxylation is 1. The van der Waals surface area contributed by atoms with Gasteiger partial charge in [-0.3, -0.25) is 9.69 Å². The third-order valence-electron chi connectivity index (χ3n) is 5.43. The molecule has 6 nitrogen and oxygen atoms in total. The molecule has 1 aliphatic rings. The van der Waals surface area contributed by atoms with Crippen molar-refractivity contribution < 1.29 is 18.0 Å². The number of aromatic nitrogens is 2. The number of carbonyl (C=O) groups excluding carboxylic acids is 1. The van der Waals surface area contributed by atoms with Crippen LogP contribution in [0.2, 0.25) is 0 Å². The van der Waals surface area contributed by atoms with Gasteiger partial charge in [0.2, 0.25) is 5.91 Å². The second-order valence-electron chi connectivity index (χ2n) is 8.11. The molecule has 2 heterocycles. The first kappa shape index (κ1) is 23.0. The summed E-state index contributed by atoms with van der Waals surface area (Å²) >= 11 is 0. The molecule has 3 rings (SSSR count). The van der Waals surface area contributed by atoms with Crippen molar-refractivity contribution in [3.8, 4) is 0 Å². The zero-order valence-corrected chi connectivity index (χ0v) is 18.2. The molecule has 0 bridgehead atoms. The fourth-order valence-electron chi connectivity index (χ4n) is 3.58. The molecule has 31 heavy (non-hydrogen) atoms. The number of piperazine rings is 1. The number of rotatable bonds is 5. The van der Waals surface area contributed by atoms with Crippen LogP contribution in [0.3, 0.4) is 0 Å². The quantitative estimate of drug-likeness (QED) is 0.767. The highest BCUT2D eigenvalue weighted by atomic mass is 19.4. The van der Waals surface area contributed by atoms with Crippen LogP contribution in [0.25, 0.3) is 0 Å². The maximum atomic E-state index is 13.2. The Morgan fingerprint density at radius 3 is 2.32 bits per heavy atom. The van der Waals surface area contributed by atoms with Crippen LogP contribution in [0.5, 0.6) is 0 Å². The molecular formula is C22H28F3N5O. The Bertz CT molecular complexity index is 924. The number of benzene rings is 1. The first-order chi connectivity index (χ1) is 14.6. The molecule has 0 aliphatic carbocycles. The van der Waals surface area contributed by atoms with Crippen molar-refractivity contribution in [1.29, 1.82) is 0 Å². The van der Waals surface area contributed by atoms with Crippen LogP contribution < -0.4 is 10.2 Å². The van der Waals surface area contributed by atoms with Gasteiger partial charge in [-0.15, -0.1) is 0 Å². The summed E-state index contributed by atoms with van der Waals surface area (Å²) in [6.45, 7) is 10.3. The SMILES string of the molecule is Cc1cc(N2CCN([C@@H](C)C(=O)Nc3ccccc3C(F)(F)F)CC2)nc(C(C)C)n1. The number of nitrogens with zero attached hydrogens (tertiary/aromatic N) is 4. The summed E-state index contributed by atoms with van der Waals surface area (Å²) in [5.41, 5.74) is -0.157. The Morgan fingerprint density at radius 2 is 1.71 bits per heavy atom. The molecule has 0 spiro atoms. The molecule has 1 N–H and O–H groups in total. The fraction of sp³-hybridized carbons (Fsp3) is 0.500. The lowest BCUT2D eigenvalue weighted by atomic mass is 10.1. The lowest BCUT2D eigenvalue weighted by Crippen LogP contribution is -2.53. The summed E-state index contributed by atoms with van der Waals surface area (Å²) in [6, 6.07) is 6.42. The molecule has 0 saturated carbocycles. The minimum absolute atomic E-state index is 0.219. The Kier molecular flexibility index (Phi) is 6.83. The maximum absolute atomic E-state index is 13.2. The standard InChI is InChI=1S/C22H28F3N5O/c1-14(2)20-26-15(3)13-19(28-20)30-11-9-29(10-12-30)16(4)21(31)27-18-8-6-5-7-17(18)22(23,24)25/h5-8,13-14,16H,9-12H2,1-4H3,(H,27,31)/t16-/m0/s1. The largest absolute Gasteiger partial charge is 0.418 e. The van der Waals surface area contributed by atoms with Gasteiger partial charge in [0.1, 0.15) is 11.6 Å². The van der Waals surface area contributed by atoms with E-state index in [1.165, 1.54) is 18.2 Å². The van der Waals surface area contributed by atoms with Gasteiger partial charge >= 0.3 is 6.18 Å². The number of alkyl halides is 3. The van der Waals surface area contributed by atoms with E-state index in [0.717, 1.165) is 23.4 Å². The number of amides is 1. The average Bonchev–Trinajstić information content (AvgIpc) is 2.72. The summed E-state index contributed by atoms with van der Waals surface area (Å²) in [4.78, 5) is 25.9. The third-order valence-corrected chi connectivity index (χ3v) is 5.43. The summed E-state index contributed by atoms with van der Waals surface area (Å²) in [7, 11) is 0. The third kappa shape index (κ3) is 5.52. The molecule has 0 unspecified atom stereocenters. The molecule has 9 heteroatoms. The Balaban J connectivity index is 1.63. The fourth-order valence-corrected chi connectivity index (χ4v) is 3.58. The smallest absolute Gasteiger partial charge is 0.354 e. The summed E-state index contributed by atoms with van der Waals surface area (Å²) in [5.74, 6) is 1.44. The van der Waals surface area contributed by atoms with Crippen LogP contribution in [-0.2, 0) is 11.0 Å². The number of carbonyl (C=O) groups is 1. The van der Waals surface area contributed by atoms with E-state index in [1.54, 1.807) is 6.92 Å². The highest BCUT2D eigenvalue weighted by Gasteiger charge is 2.34. The molecule has 1 fully saturated rings. The topological polar surface area (TPSA) is 61.4 Å². The van der Waals surface area contributed by atoms with Crippen molar-refractivity contribution in [2.75, 3.05) is 36.4 Å². The van der Waals surface area contributed by atoms with Crippen LogP contribution in [-0.4, -0.2) is 53.0 Å². The van der Waals surface area contributed by atoms with Crippen molar-refractivity contribution >= 4 is 17.4 Å². The lowest BCUT2D eigenvalue weighted by molar-refractivity contribution is -0.137. The number of nitrogens with one attached hydrogen (secondary N) is 1. The van der Waals surface area contributed by atoms with Gasteiger partial charge in [-0.1, -0.05) is 26.0 Å². The first-order valence-corrected chi connectivity index (χ1v) is 10.4. The predicted molar refractivity (Wildman–Crippen MR) is 114 cm³/mol. The molecule has 1 aromatic heterocycles. The van der Waals surface area contributed by atoms with Crippen LogP contribution in [0.4, 0.5) is 24.7 Å². The number of hydrogen-bond donors (Lipinski definition) is 1. The molecule has 1 aliphatic heterocycles. The molecule has 1 amide bonds. The highest BCUT2D eigenvalue weighted by Crippen LogP contribution is 2.34. The molecule has 1 saturated heterocycles. The van der Waals surface area contributed by atoms with Crippen molar-refractivity contribution in [1.82, 2.24) is 14.9 Å². The van der Waals surface area contributed by atoms with E-state index in [-0.39, 0.29) is 11.6 Å². The van der Waals surface area contributed by atoms with E-state index < -0.39 is 23.7 Å². The van der Waals surface area contributed by atoms with Gasteiger partial charge in [-0.2, -0.15) is 13.2 Å². The Labute approximate surface area is 180 Å². The van der Waals surface area contributed by atoms with Crippen LogP contribution >= 0.6 is 0 Å². The van der Waals surface area contributed by atoms with Crippen molar-refractivity contribution in [2.24, 2.45) is 0 Å². The van der Waals surface area contributed by atoms with E-state index in [4.69, 9.17) is 0 Å². The number of para-hydroxylation sites is 1. The van der Waals surface area contributed by atoms with Gasteiger partial charge in [0, 0.05) is 43.9 Å². The molecular weight excluding hydrogens is 407 g/mol. The van der Waals surface area contributed by atoms with Crippen molar-refractivity contribution in [2.45, 2.75) is 45.8 Å². The van der Waals surface area contributed by atoms with Gasteiger partial charge in [0.05, 0.1) is 17.3 Å². The second-order valence-corrected chi connectivity index (χ2v) is 8.11. The predicted octanol–water partition coefficient (Wildman–Crippen LogP) is 4.08. The van der Waals surface area contributed by atoms with Crippen LogP contribution in [0, 0.1) is 6.92 Å². The molecule has 168 valence electrons. The van der Waals surface area contributed by atoms with E-state index in [0.29, 0.717) is 26.2 Å². The molecule has 2 aromatic rings. The van der Waals surface area contributed by atoms with E-state index in [9.17, 15) is 18.0 Å². The zero-order chi connectivity index (χ0) is 22.8. The van der Waals surface area contributed by atoms with Crippen LogP contribution in [0.15, 0.2) is 30.3 Å². The van der Waals surface area contributed by atoms with Gasteiger partial charge in [-0.05, 0) is 26.0 Å². The highest BCUT2D eigenvalue weighted by molar-refractivity contribution is 5.95. The minimum atomic E-state index is -4.52. The first-order valence-electron chi connectivity index (χ1n) is 10.4. The van der Waals surface area contributed by atoms with E-state index >= 15 is 0 Å². The van der Waals surface area contributed by atoms with Gasteiger partial charge < -0.3 is 10.2 Å². The number of hydrogen-bond acceptors (Lipinski definition) is 5.